The van der Waals surface area contributed by atoms with E-state index < -0.39 is 11.5 Å². The number of esters is 1. The second-order valence-electron chi connectivity index (χ2n) is 6.76. The van der Waals surface area contributed by atoms with Crippen LogP contribution in [0.3, 0.4) is 0 Å². The van der Waals surface area contributed by atoms with E-state index in [1.54, 1.807) is 42.2 Å². The molecule has 0 amide bonds. The molecule has 2 aromatic rings. The second-order valence-corrected chi connectivity index (χ2v) is 6.76. The van der Waals surface area contributed by atoms with Crippen LogP contribution in [0.1, 0.15) is 29.3 Å². The van der Waals surface area contributed by atoms with Gasteiger partial charge in [0.15, 0.2) is 0 Å². The van der Waals surface area contributed by atoms with Gasteiger partial charge < -0.3 is 14.4 Å². The minimum absolute atomic E-state index is 0.146. The van der Waals surface area contributed by atoms with Gasteiger partial charge in [-0.25, -0.2) is 4.79 Å². The highest BCUT2D eigenvalue weighted by atomic mass is 16.5. The number of anilines is 1. The summed E-state index contributed by atoms with van der Waals surface area (Å²) in [4.78, 5) is 28.1. The van der Waals surface area contributed by atoms with Gasteiger partial charge in [-0.05, 0) is 30.7 Å². The summed E-state index contributed by atoms with van der Waals surface area (Å²) < 4.78 is 11.2. The monoisotopic (exact) mass is 391 g/mol. The normalized spacial score (nSPS) is 17.6. The number of rotatable bonds is 9. The zero-order valence-corrected chi connectivity index (χ0v) is 16.6. The lowest BCUT2D eigenvalue weighted by Gasteiger charge is -2.35. The van der Waals surface area contributed by atoms with Crippen LogP contribution in [-0.4, -0.2) is 30.4 Å². The van der Waals surface area contributed by atoms with Crippen molar-refractivity contribution in [1.82, 2.24) is 0 Å². The molecule has 0 saturated carbocycles. The van der Waals surface area contributed by atoms with Crippen molar-refractivity contribution in [1.29, 1.82) is 0 Å². The number of carbonyl (C=O) groups is 2. The van der Waals surface area contributed by atoms with E-state index in [0.29, 0.717) is 30.2 Å². The number of fused-ring (bicyclic) bond motifs is 1. The number of ether oxygens (including phenoxy) is 2. The molecule has 5 heteroatoms. The van der Waals surface area contributed by atoms with Crippen LogP contribution in [-0.2, 0) is 16.1 Å². The standard InChI is InChI=1S/C24H25NO4/c1-4-14-24(23(27)28-6-3)22(26)20-16-19(12-13-21(20)25(24)15-5-2)29-17-18-10-8-7-9-11-18/h4-5,7-13,16H,1-2,6,14-15,17H2,3H3. The van der Waals surface area contributed by atoms with Crippen LogP contribution in [0, 0.1) is 0 Å². The summed E-state index contributed by atoms with van der Waals surface area (Å²) in [6.07, 6.45) is 3.39. The van der Waals surface area contributed by atoms with E-state index in [2.05, 4.69) is 13.2 Å². The number of nitrogens with zero attached hydrogens (tertiary/aromatic N) is 1. The smallest absolute Gasteiger partial charge is 0.340 e. The number of carbonyl (C=O) groups excluding carboxylic acids is 2. The molecule has 2 aromatic carbocycles. The van der Waals surface area contributed by atoms with Gasteiger partial charge in [-0.15, -0.1) is 13.2 Å². The van der Waals surface area contributed by atoms with Crippen molar-refractivity contribution in [3.63, 3.8) is 0 Å². The summed E-state index contributed by atoms with van der Waals surface area (Å²) in [7, 11) is 0. The fourth-order valence-corrected chi connectivity index (χ4v) is 3.65. The second kappa shape index (κ2) is 8.78. The molecule has 0 fully saturated rings. The number of benzene rings is 2. The molecular formula is C24H25NO4. The lowest BCUT2D eigenvalue weighted by Crippen LogP contribution is -2.57. The summed E-state index contributed by atoms with van der Waals surface area (Å²) in [5.41, 5.74) is 0.663. The van der Waals surface area contributed by atoms with Crippen molar-refractivity contribution >= 4 is 17.4 Å². The fraction of sp³-hybridized carbons (Fsp3) is 0.250. The van der Waals surface area contributed by atoms with Gasteiger partial charge in [0.2, 0.25) is 11.3 Å². The average Bonchev–Trinajstić information content (AvgIpc) is 2.97. The molecule has 0 bridgehead atoms. The van der Waals surface area contributed by atoms with E-state index in [1.165, 1.54) is 0 Å². The van der Waals surface area contributed by atoms with E-state index in [9.17, 15) is 9.59 Å². The lowest BCUT2D eigenvalue weighted by atomic mass is 9.88. The van der Waals surface area contributed by atoms with Gasteiger partial charge in [0.25, 0.3) is 0 Å². The molecule has 0 aliphatic carbocycles. The predicted molar refractivity (Wildman–Crippen MR) is 113 cm³/mol. The molecule has 0 aromatic heterocycles. The molecule has 1 atom stereocenters. The Morgan fingerprint density at radius 2 is 1.90 bits per heavy atom. The molecule has 1 aliphatic heterocycles. The Hall–Kier alpha value is -3.34. The number of hydrogen-bond acceptors (Lipinski definition) is 5. The Labute approximate surface area is 171 Å². The molecule has 150 valence electrons. The van der Waals surface area contributed by atoms with E-state index in [-0.39, 0.29) is 18.8 Å². The highest BCUT2D eigenvalue weighted by molar-refractivity contribution is 6.25. The van der Waals surface area contributed by atoms with Gasteiger partial charge in [0.05, 0.1) is 6.61 Å². The minimum Gasteiger partial charge on any atom is -0.489 e. The third-order valence-corrected chi connectivity index (χ3v) is 4.95. The number of Topliss-reactive ketones (excluding diaryl/α,β-unsaturated/α-hetero) is 1. The predicted octanol–water partition coefficient (Wildman–Crippen LogP) is 4.33. The van der Waals surface area contributed by atoms with E-state index >= 15 is 0 Å². The third kappa shape index (κ3) is 3.68. The van der Waals surface area contributed by atoms with Gasteiger partial charge in [-0.1, -0.05) is 42.5 Å². The minimum atomic E-state index is -1.47. The molecule has 1 unspecified atom stereocenters. The first-order chi connectivity index (χ1) is 14.1. The Balaban J connectivity index is 1.97. The summed E-state index contributed by atoms with van der Waals surface area (Å²) in [6.45, 7) is 10.2. The van der Waals surface area contributed by atoms with Gasteiger partial charge in [-0.3, -0.25) is 4.79 Å². The number of hydrogen-bond donors (Lipinski definition) is 0. The zero-order valence-electron chi connectivity index (χ0n) is 16.6. The molecular weight excluding hydrogens is 366 g/mol. The van der Waals surface area contributed by atoms with Crippen molar-refractivity contribution in [3.8, 4) is 5.75 Å². The van der Waals surface area contributed by atoms with Gasteiger partial charge in [0, 0.05) is 24.2 Å². The quantitative estimate of drug-likeness (QED) is 0.362. The molecule has 0 N–H and O–H groups in total. The lowest BCUT2D eigenvalue weighted by molar-refractivity contribution is -0.147. The topological polar surface area (TPSA) is 55.8 Å². The maximum absolute atomic E-state index is 13.5. The summed E-state index contributed by atoms with van der Waals surface area (Å²) in [6, 6.07) is 15.1. The first kappa shape index (κ1) is 20.4. The van der Waals surface area contributed by atoms with Gasteiger partial charge in [0.1, 0.15) is 12.4 Å². The van der Waals surface area contributed by atoms with Gasteiger partial charge >= 0.3 is 5.97 Å². The number of ketones is 1. The van der Waals surface area contributed by atoms with Crippen molar-refractivity contribution in [2.75, 3.05) is 18.1 Å². The molecule has 3 rings (SSSR count). The zero-order chi connectivity index (χ0) is 20.9. The maximum atomic E-state index is 13.5. The van der Waals surface area contributed by atoms with Crippen LogP contribution in [0.15, 0.2) is 73.8 Å². The van der Waals surface area contributed by atoms with Gasteiger partial charge in [-0.2, -0.15) is 0 Å². The van der Waals surface area contributed by atoms with E-state index in [1.807, 2.05) is 30.3 Å². The van der Waals surface area contributed by atoms with E-state index in [0.717, 1.165) is 5.56 Å². The van der Waals surface area contributed by atoms with Crippen molar-refractivity contribution < 1.29 is 19.1 Å². The SMILES string of the molecule is C=CCN1c2ccc(OCc3ccccc3)cc2C(=O)C1(CC=C)C(=O)OCC. The first-order valence-electron chi connectivity index (χ1n) is 9.60. The van der Waals surface area contributed by atoms with Crippen LogP contribution in [0.25, 0.3) is 0 Å². The molecule has 29 heavy (non-hydrogen) atoms. The largest absolute Gasteiger partial charge is 0.489 e. The van der Waals surface area contributed by atoms with Crippen molar-refractivity contribution in [2.24, 2.45) is 0 Å². The highest BCUT2D eigenvalue weighted by Gasteiger charge is 2.57. The average molecular weight is 391 g/mol. The Bertz CT molecular complexity index is 922. The summed E-state index contributed by atoms with van der Waals surface area (Å²) in [5.74, 6) is -0.315. The highest BCUT2D eigenvalue weighted by Crippen LogP contribution is 2.43. The molecule has 0 radical (unpaired) electrons. The Kier molecular flexibility index (Phi) is 6.17. The Morgan fingerprint density at radius 1 is 1.14 bits per heavy atom. The summed E-state index contributed by atoms with van der Waals surface area (Å²) in [5, 5.41) is 0. The van der Waals surface area contributed by atoms with Crippen molar-refractivity contribution in [2.45, 2.75) is 25.5 Å². The van der Waals surface area contributed by atoms with Crippen molar-refractivity contribution in [3.05, 3.63) is 85.0 Å². The summed E-state index contributed by atoms with van der Waals surface area (Å²) >= 11 is 0. The van der Waals surface area contributed by atoms with Crippen LogP contribution in [0.4, 0.5) is 5.69 Å². The van der Waals surface area contributed by atoms with Crippen LogP contribution in [0.5, 0.6) is 5.75 Å². The maximum Gasteiger partial charge on any atom is 0.340 e. The first-order valence-corrected chi connectivity index (χ1v) is 9.60. The van der Waals surface area contributed by atoms with Crippen LogP contribution >= 0.6 is 0 Å². The molecule has 1 aliphatic rings. The Morgan fingerprint density at radius 3 is 2.55 bits per heavy atom. The van der Waals surface area contributed by atoms with Crippen LogP contribution < -0.4 is 9.64 Å². The molecule has 1 heterocycles. The molecule has 5 nitrogen and oxygen atoms in total. The third-order valence-electron chi connectivity index (χ3n) is 4.95. The molecule has 0 spiro atoms. The van der Waals surface area contributed by atoms with E-state index in [4.69, 9.17) is 9.47 Å². The van der Waals surface area contributed by atoms with Crippen LogP contribution in [0.2, 0.25) is 0 Å². The fourth-order valence-electron chi connectivity index (χ4n) is 3.65. The molecule has 0 saturated heterocycles.